The molecule has 1 aromatic carbocycles. The number of hydrogen-bond acceptors (Lipinski definition) is 2. The largest absolute Gasteiger partial charge is 0.374 e. The van der Waals surface area contributed by atoms with E-state index in [0.29, 0.717) is 12.5 Å². The second-order valence-corrected chi connectivity index (χ2v) is 3.84. The Kier molecular flexibility index (Phi) is 2.00. The molecule has 0 fully saturated rings. The maximum Gasteiger partial charge on any atom is 0.0445 e. The highest BCUT2D eigenvalue weighted by atomic mass is 15.1. The predicted octanol–water partition coefficient (Wildman–Crippen LogP) is 1.70. The number of nitrogens with two attached hydrogens (primary N) is 1. The molecule has 2 nitrogen and oxygen atoms in total. The number of rotatable bonds is 1. The van der Waals surface area contributed by atoms with Gasteiger partial charge < -0.3 is 10.6 Å². The van der Waals surface area contributed by atoms with Crippen molar-refractivity contribution in [1.82, 2.24) is 0 Å². The molecule has 0 amide bonds. The van der Waals surface area contributed by atoms with E-state index in [0.717, 1.165) is 6.54 Å². The number of anilines is 1. The lowest BCUT2D eigenvalue weighted by Crippen LogP contribution is -2.16. The summed E-state index contributed by atoms with van der Waals surface area (Å²) >= 11 is 0. The van der Waals surface area contributed by atoms with Gasteiger partial charge in [-0.05, 0) is 11.1 Å². The average Bonchev–Trinajstić information content (AvgIpc) is 2.43. The van der Waals surface area contributed by atoms with Gasteiger partial charge >= 0.3 is 0 Å². The summed E-state index contributed by atoms with van der Waals surface area (Å²) in [6.45, 7) is 4.02. The molecule has 0 saturated carbocycles. The quantitative estimate of drug-likeness (QED) is 0.705. The average molecular weight is 176 g/mol. The van der Waals surface area contributed by atoms with Gasteiger partial charge in [0, 0.05) is 31.7 Å². The molecule has 13 heavy (non-hydrogen) atoms. The van der Waals surface area contributed by atoms with Gasteiger partial charge in [0.25, 0.3) is 0 Å². The van der Waals surface area contributed by atoms with Crippen LogP contribution in [0.25, 0.3) is 0 Å². The van der Waals surface area contributed by atoms with Crippen molar-refractivity contribution in [3.8, 4) is 0 Å². The zero-order chi connectivity index (χ0) is 9.42. The Labute approximate surface area is 79.4 Å². The molecule has 1 atom stereocenters. The van der Waals surface area contributed by atoms with Crippen LogP contribution in [-0.4, -0.2) is 13.6 Å². The van der Waals surface area contributed by atoms with Gasteiger partial charge in [0.2, 0.25) is 0 Å². The smallest absolute Gasteiger partial charge is 0.0445 e. The summed E-state index contributed by atoms with van der Waals surface area (Å²) < 4.78 is 0. The molecule has 1 heterocycles. The lowest BCUT2D eigenvalue weighted by Gasteiger charge is -2.15. The van der Waals surface area contributed by atoms with Crippen molar-refractivity contribution in [2.24, 2.45) is 5.73 Å². The first-order chi connectivity index (χ1) is 6.24. The maximum absolute atomic E-state index is 5.70. The van der Waals surface area contributed by atoms with Crippen molar-refractivity contribution in [2.45, 2.75) is 19.4 Å². The van der Waals surface area contributed by atoms with Crippen LogP contribution in [0.3, 0.4) is 0 Å². The lowest BCUT2D eigenvalue weighted by molar-refractivity contribution is 0.796. The number of benzene rings is 1. The van der Waals surface area contributed by atoms with Gasteiger partial charge in [-0.3, -0.25) is 0 Å². The summed E-state index contributed by atoms with van der Waals surface area (Å²) in [6, 6.07) is 6.44. The van der Waals surface area contributed by atoms with Crippen LogP contribution in [0.5, 0.6) is 0 Å². The highest BCUT2D eigenvalue weighted by Gasteiger charge is 2.24. The standard InChI is InChI=1S/C11H16N2/c1-8-7-13(2)11-9(6-12)4-3-5-10(8)11/h3-5,8H,6-7,12H2,1-2H3. The summed E-state index contributed by atoms with van der Waals surface area (Å²) in [7, 11) is 2.14. The van der Waals surface area contributed by atoms with Crippen molar-refractivity contribution < 1.29 is 0 Å². The van der Waals surface area contributed by atoms with Crippen LogP contribution < -0.4 is 10.6 Å². The summed E-state index contributed by atoms with van der Waals surface area (Å²) in [5.41, 5.74) is 9.78. The first-order valence-corrected chi connectivity index (χ1v) is 4.77. The van der Waals surface area contributed by atoms with Crippen molar-refractivity contribution in [1.29, 1.82) is 0 Å². The fourth-order valence-corrected chi connectivity index (χ4v) is 2.24. The Morgan fingerprint density at radius 1 is 1.54 bits per heavy atom. The van der Waals surface area contributed by atoms with E-state index < -0.39 is 0 Å². The third-order valence-electron chi connectivity index (χ3n) is 2.83. The number of hydrogen-bond donors (Lipinski definition) is 1. The van der Waals surface area contributed by atoms with Crippen molar-refractivity contribution >= 4 is 5.69 Å². The Morgan fingerprint density at radius 2 is 2.31 bits per heavy atom. The first-order valence-electron chi connectivity index (χ1n) is 4.77. The van der Waals surface area contributed by atoms with E-state index in [2.05, 4.69) is 37.1 Å². The van der Waals surface area contributed by atoms with E-state index in [9.17, 15) is 0 Å². The molecular weight excluding hydrogens is 160 g/mol. The van der Waals surface area contributed by atoms with E-state index in [1.54, 1.807) is 0 Å². The fourth-order valence-electron chi connectivity index (χ4n) is 2.24. The molecule has 1 aromatic rings. The van der Waals surface area contributed by atoms with E-state index in [-0.39, 0.29) is 0 Å². The first kappa shape index (κ1) is 8.57. The fraction of sp³-hybridized carbons (Fsp3) is 0.455. The van der Waals surface area contributed by atoms with Crippen LogP contribution in [0, 0.1) is 0 Å². The molecule has 70 valence electrons. The zero-order valence-electron chi connectivity index (χ0n) is 8.25. The molecule has 0 aromatic heterocycles. The second kappa shape index (κ2) is 3.04. The minimum absolute atomic E-state index is 0.639. The highest BCUT2D eigenvalue weighted by molar-refractivity contribution is 5.64. The number of fused-ring (bicyclic) bond motifs is 1. The Hall–Kier alpha value is -1.02. The van der Waals surface area contributed by atoms with Crippen LogP contribution in [-0.2, 0) is 6.54 Å². The highest BCUT2D eigenvalue weighted by Crippen LogP contribution is 2.37. The minimum atomic E-state index is 0.639. The molecule has 0 aliphatic carbocycles. The van der Waals surface area contributed by atoms with Gasteiger partial charge in [-0.15, -0.1) is 0 Å². The Balaban J connectivity index is 2.55. The van der Waals surface area contributed by atoms with Crippen molar-refractivity contribution in [3.05, 3.63) is 29.3 Å². The third-order valence-corrected chi connectivity index (χ3v) is 2.83. The molecule has 0 spiro atoms. The zero-order valence-corrected chi connectivity index (χ0v) is 8.25. The number of likely N-dealkylation sites (N-methyl/N-ethyl adjacent to an activating group) is 1. The lowest BCUT2D eigenvalue weighted by atomic mass is 10.0. The summed E-state index contributed by atoms with van der Waals surface area (Å²) in [5.74, 6) is 0.645. The molecule has 0 bridgehead atoms. The van der Waals surface area contributed by atoms with Crippen molar-refractivity contribution in [3.63, 3.8) is 0 Å². The number of para-hydroxylation sites is 1. The van der Waals surface area contributed by atoms with Gasteiger partial charge in [0.15, 0.2) is 0 Å². The van der Waals surface area contributed by atoms with Crippen molar-refractivity contribution in [2.75, 3.05) is 18.5 Å². The molecule has 2 rings (SSSR count). The molecule has 0 radical (unpaired) electrons. The van der Waals surface area contributed by atoms with Gasteiger partial charge in [-0.2, -0.15) is 0 Å². The molecular formula is C11H16N2. The van der Waals surface area contributed by atoms with Crippen LogP contribution in [0.1, 0.15) is 24.0 Å². The number of nitrogens with zero attached hydrogens (tertiary/aromatic N) is 1. The van der Waals surface area contributed by atoms with E-state index >= 15 is 0 Å². The van der Waals surface area contributed by atoms with Crippen LogP contribution >= 0.6 is 0 Å². The van der Waals surface area contributed by atoms with Gasteiger partial charge in [0.05, 0.1) is 0 Å². The minimum Gasteiger partial charge on any atom is -0.374 e. The monoisotopic (exact) mass is 176 g/mol. The second-order valence-electron chi connectivity index (χ2n) is 3.84. The SMILES string of the molecule is CC1CN(C)c2c(CN)cccc21. The third kappa shape index (κ3) is 1.22. The van der Waals surface area contributed by atoms with Gasteiger partial charge in [-0.25, -0.2) is 0 Å². The van der Waals surface area contributed by atoms with Gasteiger partial charge in [-0.1, -0.05) is 25.1 Å². The predicted molar refractivity (Wildman–Crippen MR) is 56.0 cm³/mol. The van der Waals surface area contributed by atoms with Crippen LogP contribution in [0.2, 0.25) is 0 Å². The van der Waals surface area contributed by atoms with E-state index in [4.69, 9.17) is 5.73 Å². The van der Waals surface area contributed by atoms with E-state index in [1.165, 1.54) is 16.8 Å². The summed E-state index contributed by atoms with van der Waals surface area (Å²) in [4.78, 5) is 2.31. The normalized spacial score (nSPS) is 20.5. The molecule has 1 aliphatic heterocycles. The summed E-state index contributed by atoms with van der Waals surface area (Å²) in [5, 5.41) is 0. The van der Waals surface area contributed by atoms with Gasteiger partial charge in [0.1, 0.15) is 0 Å². The van der Waals surface area contributed by atoms with Crippen LogP contribution in [0.4, 0.5) is 5.69 Å². The Morgan fingerprint density at radius 3 is 3.00 bits per heavy atom. The molecule has 2 N–H and O–H groups in total. The summed E-state index contributed by atoms with van der Waals surface area (Å²) in [6.07, 6.45) is 0. The maximum atomic E-state index is 5.70. The molecule has 1 unspecified atom stereocenters. The molecule has 0 saturated heterocycles. The topological polar surface area (TPSA) is 29.3 Å². The molecule has 2 heteroatoms. The molecule has 1 aliphatic rings. The van der Waals surface area contributed by atoms with Crippen LogP contribution in [0.15, 0.2) is 18.2 Å². The van der Waals surface area contributed by atoms with E-state index in [1.807, 2.05) is 0 Å². The Bertz CT molecular complexity index is 320.